The maximum absolute atomic E-state index is 12.9. The standard InChI is InChI=1S/C18H28N2O/c1-14-9-8-12-16(13-14)19-17(21)18(2,20(3)4)15-10-6-5-7-11-15/h5-7,10-11,14,16H,8-9,12-13H2,1-4H3,(H,19,21)/t14-,16-,18-/m1/s1. The highest BCUT2D eigenvalue weighted by Gasteiger charge is 2.38. The van der Waals surface area contributed by atoms with Crippen LogP contribution in [0.4, 0.5) is 0 Å². The van der Waals surface area contributed by atoms with Crippen molar-refractivity contribution in [3.05, 3.63) is 35.9 Å². The highest BCUT2D eigenvalue weighted by molar-refractivity contribution is 5.87. The second-order valence-corrected chi connectivity index (χ2v) is 6.77. The number of likely N-dealkylation sites (N-methyl/N-ethyl adjacent to an activating group) is 1. The second-order valence-electron chi connectivity index (χ2n) is 6.77. The monoisotopic (exact) mass is 288 g/mol. The molecule has 1 aromatic carbocycles. The summed E-state index contributed by atoms with van der Waals surface area (Å²) in [4.78, 5) is 14.9. The van der Waals surface area contributed by atoms with Crippen molar-refractivity contribution in [2.75, 3.05) is 14.1 Å². The summed E-state index contributed by atoms with van der Waals surface area (Å²) in [7, 11) is 3.94. The fourth-order valence-corrected chi connectivity index (χ4v) is 3.25. The number of amides is 1. The fraction of sp³-hybridized carbons (Fsp3) is 0.611. The van der Waals surface area contributed by atoms with E-state index < -0.39 is 5.54 Å². The van der Waals surface area contributed by atoms with Gasteiger partial charge in [-0.2, -0.15) is 0 Å². The van der Waals surface area contributed by atoms with Crippen LogP contribution in [-0.4, -0.2) is 30.9 Å². The maximum Gasteiger partial charge on any atom is 0.245 e. The van der Waals surface area contributed by atoms with Crippen LogP contribution in [0, 0.1) is 5.92 Å². The zero-order valence-corrected chi connectivity index (χ0v) is 13.7. The SMILES string of the molecule is C[C@@H]1CCC[C@@H](NC(=O)[C@@](C)(c2ccccc2)N(C)C)C1. The van der Waals surface area contributed by atoms with Crippen LogP contribution < -0.4 is 5.32 Å². The normalized spacial score (nSPS) is 25.4. The van der Waals surface area contributed by atoms with E-state index in [0.29, 0.717) is 12.0 Å². The second kappa shape index (κ2) is 6.61. The van der Waals surface area contributed by atoms with Gasteiger partial charge < -0.3 is 5.32 Å². The zero-order valence-electron chi connectivity index (χ0n) is 13.7. The molecule has 0 unspecified atom stereocenters. The third-order valence-corrected chi connectivity index (χ3v) is 4.94. The Morgan fingerprint density at radius 3 is 2.48 bits per heavy atom. The van der Waals surface area contributed by atoms with Gasteiger partial charge in [0.1, 0.15) is 5.54 Å². The molecule has 2 rings (SSSR count). The van der Waals surface area contributed by atoms with Gasteiger partial charge in [0.2, 0.25) is 5.91 Å². The van der Waals surface area contributed by atoms with Gasteiger partial charge in [-0.3, -0.25) is 9.69 Å². The average Bonchev–Trinajstić information content (AvgIpc) is 2.47. The van der Waals surface area contributed by atoms with Crippen LogP contribution in [0.3, 0.4) is 0 Å². The predicted octanol–water partition coefficient (Wildman–Crippen LogP) is 3.16. The van der Waals surface area contributed by atoms with Crippen LogP contribution in [0.1, 0.15) is 45.1 Å². The van der Waals surface area contributed by atoms with E-state index in [1.54, 1.807) is 0 Å². The lowest BCUT2D eigenvalue weighted by atomic mass is 9.85. The third kappa shape index (κ3) is 3.46. The molecule has 0 spiro atoms. The van der Waals surface area contributed by atoms with E-state index in [9.17, 15) is 4.79 Å². The van der Waals surface area contributed by atoms with Crippen molar-refractivity contribution < 1.29 is 4.79 Å². The van der Waals surface area contributed by atoms with Crippen LogP contribution >= 0.6 is 0 Å². The Hall–Kier alpha value is -1.35. The molecule has 0 radical (unpaired) electrons. The topological polar surface area (TPSA) is 32.3 Å². The minimum absolute atomic E-state index is 0.109. The largest absolute Gasteiger partial charge is 0.351 e. The minimum atomic E-state index is -0.623. The molecule has 0 aliphatic heterocycles. The number of carbonyl (C=O) groups excluding carboxylic acids is 1. The summed E-state index contributed by atoms with van der Waals surface area (Å²) >= 11 is 0. The molecule has 1 N–H and O–H groups in total. The van der Waals surface area contributed by atoms with Gasteiger partial charge >= 0.3 is 0 Å². The maximum atomic E-state index is 12.9. The summed E-state index contributed by atoms with van der Waals surface area (Å²) in [5.41, 5.74) is 0.415. The summed E-state index contributed by atoms with van der Waals surface area (Å²) in [6.07, 6.45) is 4.71. The van der Waals surface area contributed by atoms with Crippen molar-refractivity contribution in [3.63, 3.8) is 0 Å². The Balaban J connectivity index is 2.16. The van der Waals surface area contributed by atoms with Crippen molar-refractivity contribution in [3.8, 4) is 0 Å². The molecule has 1 fully saturated rings. The van der Waals surface area contributed by atoms with Crippen molar-refractivity contribution in [1.29, 1.82) is 0 Å². The number of hydrogen-bond acceptors (Lipinski definition) is 2. The highest BCUT2D eigenvalue weighted by Crippen LogP contribution is 2.28. The van der Waals surface area contributed by atoms with E-state index in [-0.39, 0.29) is 5.91 Å². The molecule has 0 saturated heterocycles. The molecule has 21 heavy (non-hydrogen) atoms. The Morgan fingerprint density at radius 1 is 1.24 bits per heavy atom. The number of rotatable bonds is 4. The summed E-state index contributed by atoms with van der Waals surface area (Å²) in [6.45, 7) is 4.28. The molecule has 1 aliphatic rings. The number of carbonyl (C=O) groups is 1. The van der Waals surface area contributed by atoms with Crippen LogP contribution in [0.2, 0.25) is 0 Å². The smallest absolute Gasteiger partial charge is 0.245 e. The van der Waals surface area contributed by atoms with Gasteiger partial charge in [0.25, 0.3) is 0 Å². The fourth-order valence-electron chi connectivity index (χ4n) is 3.25. The Kier molecular flexibility index (Phi) is 5.04. The molecular weight excluding hydrogens is 260 g/mol. The third-order valence-electron chi connectivity index (χ3n) is 4.94. The number of hydrogen-bond donors (Lipinski definition) is 1. The molecule has 1 aromatic rings. The van der Waals surface area contributed by atoms with E-state index in [1.807, 2.05) is 56.3 Å². The van der Waals surface area contributed by atoms with Crippen molar-refractivity contribution in [1.82, 2.24) is 10.2 Å². The van der Waals surface area contributed by atoms with Gasteiger partial charge in [-0.15, -0.1) is 0 Å². The molecule has 0 aromatic heterocycles. The van der Waals surface area contributed by atoms with Gasteiger partial charge in [-0.1, -0.05) is 50.1 Å². The molecule has 1 amide bonds. The lowest BCUT2D eigenvalue weighted by molar-refractivity contribution is -0.132. The van der Waals surface area contributed by atoms with Crippen LogP contribution in [-0.2, 0) is 10.3 Å². The molecule has 116 valence electrons. The van der Waals surface area contributed by atoms with Crippen molar-refractivity contribution in [2.45, 2.75) is 51.1 Å². The van der Waals surface area contributed by atoms with Gasteiger partial charge in [0, 0.05) is 6.04 Å². The van der Waals surface area contributed by atoms with E-state index in [1.165, 1.54) is 12.8 Å². The van der Waals surface area contributed by atoms with E-state index in [2.05, 4.69) is 12.2 Å². The van der Waals surface area contributed by atoms with Crippen molar-refractivity contribution >= 4 is 5.91 Å². The first kappa shape index (κ1) is 16.0. The molecule has 1 saturated carbocycles. The molecule has 3 heteroatoms. The number of nitrogens with zero attached hydrogens (tertiary/aromatic N) is 1. The van der Waals surface area contributed by atoms with Gasteiger partial charge in [0.05, 0.1) is 0 Å². The first-order valence-electron chi connectivity index (χ1n) is 7.98. The predicted molar refractivity (Wildman–Crippen MR) is 87.0 cm³/mol. The van der Waals surface area contributed by atoms with E-state index in [4.69, 9.17) is 0 Å². The van der Waals surface area contributed by atoms with Gasteiger partial charge in [-0.05, 0) is 45.3 Å². The van der Waals surface area contributed by atoms with E-state index in [0.717, 1.165) is 18.4 Å². The number of nitrogens with one attached hydrogen (secondary N) is 1. The van der Waals surface area contributed by atoms with Gasteiger partial charge in [0.15, 0.2) is 0 Å². The molecular formula is C18H28N2O. The molecule has 0 heterocycles. The Bertz CT molecular complexity index is 471. The van der Waals surface area contributed by atoms with Gasteiger partial charge in [-0.25, -0.2) is 0 Å². The Morgan fingerprint density at radius 2 is 1.90 bits per heavy atom. The average molecular weight is 288 g/mol. The number of benzene rings is 1. The highest BCUT2D eigenvalue weighted by atomic mass is 16.2. The summed E-state index contributed by atoms with van der Waals surface area (Å²) in [6, 6.07) is 10.4. The summed E-state index contributed by atoms with van der Waals surface area (Å²) in [5, 5.41) is 3.29. The first-order chi connectivity index (χ1) is 9.94. The van der Waals surface area contributed by atoms with Crippen molar-refractivity contribution in [2.24, 2.45) is 5.92 Å². The Labute approximate surface area is 128 Å². The molecule has 3 nitrogen and oxygen atoms in total. The van der Waals surface area contributed by atoms with Crippen LogP contribution in [0.25, 0.3) is 0 Å². The molecule has 0 bridgehead atoms. The zero-order chi connectivity index (χ0) is 15.5. The summed E-state index contributed by atoms with van der Waals surface area (Å²) in [5.74, 6) is 0.823. The lowest BCUT2D eigenvalue weighted by Gasteiger charge is -2.38. The quantitative estimate of drug-likeness (QED) is 0.923. The lowest BCUT2D eigenvalue weighted by Crippen LogP contribution is -2.54. The van der Waals surface area contributed by atoms with E-state index >= 15 is 0 Å². The minimum Gasteiger partial charge on any atom is -0.351 e. The summed E-state index contributed by atoms with van der Waals surface area (Å²) < 4.78 is 0. The molecule has 1 aliphatic carbocycles. The van der Waals surface area contributed by atoms with Crippen LogP contribution in [0.5, 0.6) is 0 Å². The first-order valence-corrected chi connectivity index (χ1v) is 7.98. The molecule has 3 atom stereocenters. The van der Waals surface area contributed by atoms with Crippen LogP contribution in [0.15, 0.2) is 30.3 Å².